The average Bonchev–Trinajstić information content (AvgIpc) is 3.88. The van der Waals surface area contributed by atoms with Gasteiger partial charge in [0.15, 0.2) is 0 Å². The predicted octanol–water partition coefficient (Wildman–Crippen LogP) is 3.33. The fraction of sp³-hybridized carbons (Fsp3) is 0.250. The van der Waals surface area contributed by atoms with Crippen molar-refractivity contribution >= 4 is 35.0 Å². The lowest BCUT2D eigenvalue weighted by molar-refractivity contribution is -0.136. The van der Waals surface area contributed by atoms with Crippen molar-refractivity contribution in [1.82, 2.24) is 10.0 Å². The van der Waals surface area contributed by atoms with E-state index in [1.54, 1.807) is 82.8 Å². The number of hydrogen-bond donors (Lipinski definition) is 0. The normalized spacial score (nSPS) is 28.1. The quantitative estimate of drug-likeness (QED) is 0.307. The number of ether oxygens (including phenoxy) is 2. The van der Waals surface area contributed by atoms with Crippen molar-refractivity contribution < 1.29 is 37.5 Å². The van der Waals surface area contributed by atoms with E-state index in [1.165, 1.54) is 36.5 Å². The van der Waals surface area contributed by atoms with E-state index in [1.807, 2.05) is 0 Å². The zero-order valence-corrected chi connectivity index (χ0v) is 23.6. The van der Waals surface area contributed by atoms with Crippen LogP contribution in [0.5, 0.6) is 11.5 Å². The maximum atomic E-state index is 14.3. The van der Waals surface area contributed by atoms with Crippen molar-refractivity contribution in [1.29, 1.82) is 0 Å². The van der Waals surface area contributed by atoms with E-state index in [-0.39, 0.29) is 0 Å². The summed E-state index contributed by atoms with van der Waals surface area (Å²) in [6.07, 6.45) is 2.97. The van der Waals surface area contributed by atoms with Gasteiger partial charge < -0.3 is 18.3 Å². The summed E-state index contributed by atoms with van der Waals surface area (Å²) >= 11 is 0. The number of rotatable bonds is 6. The van der Waals surface area contributed by atoms with Crippen molar-refractivity contribution in [2.45, 2.75) is 24.2 Å². The van der Waals surface area contributed by atoms with Crippen molar-refractivity contribution in [3.05, 3.63) is 96.8 Å². The molecule has 0 saturated carbocycles. The predicted molar refractivity (Wildman–Crippen MR) is 152 cm³/mol. The van der Waals surface area contributed by atoms with E-state index >= 15 is 0 Å². The molecule has 2 aromatic carbocycles. The number of imide groups is 2. The number of benzene rings is 2. The Morgan fingerprint density at radius 2 is 0.909 bits per heavy atom. The molecule has 0 aliphatic carbocycles. The minimum atomic E-state index is -1.02. The molecule has 2 aromatic heterocycles. The Morgan fingerprint density at radius 1 is 0.523 bits per heavy atom. The maximum Gasteiger partial charge on any atom is 0.253 e. The van der Waals surface area contributed by atoms with Gasteiger partial charge in [-0.15, -0.1) is 0 Å². The Kier molecular flexibility index (Phi) is 5.80. The number of amides is 4. The Bertz CT molecular complexity index is 1640. The van der Waals surface area contributed by atoms with Crippen LogP contribution in [0, 0.1) is 11.8 Å². The molecule has 4 saturated heterocycles. The second kappa shape index (κ2) is 9.66. The molecular formula is C32H26N4O8. The third kappa shape index (κ3) is 3.46. The summed E-state index contributed by atoms with van der Waals surface area (Å²) in [5.41, 5.74) is 0.790. The standard InChI is InChI=1S/C32H26N4O8/c1-41-19-11-7-17(8-12-19)33-29(37)23-25(21-5-3-15-43-21)36-28-24(26(22-6-4-16-44-22)35(36)27(23)31(33)39)30(38)34(32(28)40)18-9-13-20(42-2)14-10-18/h3-16,23-28H,1-2H3/t23-,24-,25-,26+,27+,28-/m1/s1. The summed E-state index contributed by atoms with van der Waals surface area (Å²) in [6, 6.07) is 16.4. The van der Waals surface area contributed by atoms with Gasteiger partial charge in [0.1, 0.15) is 35.1 Å². The molecule has 4 amide bonds. The van der Waals surface area contributed by atoms with Crippen LogP contribution in [0.1, 0.15) is 23.6 Å². The van der Waals surface area contributed by atoms with Crippen LogP contribution >= 0.6 is 0 Å². The number of anilines is 2. The first-order chi connectivity index (χ1) is 21.4. The fourth-order valence-electron chi connectivity index (χ4n) is 7.28. The summed E-state index contributed by atoms with van der Waals surface area (Å²) in [7, 11) is 3.07. The highest BCUT2D eigenvalue weighted by molar-refractivity contribution is 6.26. The van der Waals surface area contributed by atoms with Crippen molar-refractivity contribution in [3.8, 4) is 11.5 Å². The number of carbonyl (C=O) groups is 4. The van der Waals surface area contributed by atoms with Gasteiger partial charge in [-0.2, -0.15) is 0 Å². The molecule has 44 heavy (non-hydrogen) atoms. The highest BCUT2D eigenvalue weighted by Crippen LogP contribution is 2.59. The molecule has 0 bridgehead atoms. The molecule has 4 aromatic rings. The monoisotopic (exact) mass is 594 g/mol. The fourth-order valence-corrected chi connectivity index (χ4v) is 7.28. The summed E-state index contributed by atoms with van der Waals surface area (Å²) < 4.78 is 22.2. The number of furan rings is 2. The van der Waals surface area contributed by atoms with Gasteiger partial charge in [-0.1, -0.05) is 0 Å². The third-order valence-electron chi connectivity index (χ3n) is 9.06. The minimum Gasteiger partial charge on any atom is -0.497 e. The molecule has 4 fully saturated rings. The Hall–Kier alpha value is -5.20. The lowest BCUT2D eigenvalue weighted by atomic mass is 9.87. The topological polar surface area (TPSA) is 126 Å². The summed E-state index contributed by atoms with van der Waals surface area (Å²) in [5, 5.41) is 3.44. The molecule has 4 aliphatic rings. The van der Waals surface area contributed by atoms with Crippen LogP contribution in [0.2, 0.25) is 0 Å². The van der Waals surface area contributed by atoms with Gasteiger partial charge in [0, 0.05) is 0 Å². The number of hydrazine groups is 1. The summed E-state index contributed by atoms with van der Waals surface area (Å²) in [6.45, 7) is 0. The lowest BCUT2D eigenvalue weighted by Gasteiger charge is -2.34. The molecule has 8 rings (SSSR count). The largest absolute Gasteiger partial charge is 0.497 e. The summed E-state index contributed by atoms with van der Waals surface area (Å²) in [5.74, 6) is -1.67. The van der Waals surface area contributed by atoms with Crippen LogP contribution in [0.15, 0.2) is 94.2 Å². The number of methoxy groups -OCH3 is 2. The van der Waals surface area contributed by atoms with Crippen LogP contribution in [-0.2, 0) is 19.2 Å². The smallest absolute Gasteiger partial charge is 0.253 e. The SMILES string of the molecule is COc1ccc(N2C(=O)[C@H]3[C@@H](C2=O)N2[C@@H](c4ccco4)[C@H]4C(=O)N(c5ccc(OC)cc5)C(=O)[C@@H]4N2[C@@H]3c2ccco2)cc1. The minimum absolute atomic E-state index is 0.395. The Morgan fingerprint density at radius 3 is 1.23 bits per heavy atom. The van der Waals surface area contributed by atoms with Crippen LogP contribution in [0.3, 0.4) is 0 Å². The van der Waals surface area contributed by atoms with E-state index in [0.29, 0.717) is 34.4 Å². The molecular weight excluding hydrogens is 568 g/mol. The molecule has 0 spiro atoms. The van der Waals surface area contributed by atoms with Crippen molar-refractivity contribution in [3.63, 3.8) is 0 Å². The maximum absolute atomic E-state index is 14.3. The van der Waals surface area contributed by atoms with Gasteiger partial charge in [0.2, 0.25) is 11.8 Å². The van der Waals surface area contributed by atoms with E-state index in [0.717, 1.165) is 0 Å². The average molecular weight is 595 g/mol. The van der Waals surface area contributed by atoms with E-state index in [4.69, 9.17) is 18.3 Å². The van der Waals surface area contributed by atoms with Gasteiger partial charge in [0.25, 0.3) is 11.8 Å². The van der Waals surface area contributed by atoms with Gasteiger partial charge in [-0.25, -0.2) is 19.8 Å². The van der Waals surface area contributed by atoms with Crippen LogP contribution in [0.25, 0.3) is 0 Å². The Labute approximate surface area is 250 Å². The molecule has 222 valence electrons. The molecule has 6 heterocycles. The van der Waals surface area contributed by atoms with Gasteiger partial charge >= 0.3 is 0 Å². The van der Waals surface area contributed by atoms with Crippen LogP contribution in [-0.4, -0.2) is 59.9 Å². The zero-order chi connectivity index (χ0) is 30.3. The van der Waals surface area contributed by atoms with E-state index < -0.39 is 59.6 Å². The van der Waals surface area contributed by atoms with Gasteiger partial charge in [-0.3, -0.25) is 19.2 Å². The second-order valence-corrected chi connectivity index (χ2v) is 11.0. The number of hydrogen-bond acceptors (Lipinski definition) is 10. The highest BCUT2D eigenvalue weighted by atomic mass is 16.5. The molecule has 12 nitrogen and oxygen atoms in total. The number of carbonyl (C=O) groups excluding carboxylic acids is 4. The van der Waals surface area contributed by atoms with Gasteiger partial charge in [0.05, 0.1) is 62.0 Å². The molecule has 4 aliphatic heterocycles. The Balaban J connectivity index is 1.27. The van der Waals surface area contributed by atoms with E-state index in [2.05, 4.69) is 0 Å². The highest BCUT2D eigenvalue weighted by Gasteiger charge is 2.74. The first kappa shape index (κ1) is 26.4. The molecule has 12 heteroatoms. The summed E-state index contributed by atoms with van der Waals surface area (Å²) in [4.78, 5) is 59.4. The number of nitrogens with zero attached hydrogens (tertiary/aromatic N) is 4. The molecule has 0 unspecified atom stereocenters. The third-order valence-corrected chi connectivity index (χ3v) is 9.06. The van der Waals surface area contributed by atoms with E-state index in [9.17, 15) is 19.2 Å². The first-order valence-corrected chi connectivity index (χ1v) is 14.1. The first-order valence-electron chi connectivity index (χ1n) is 14.1. The number of fused-ring (bicyclic) bond motifs is 5. The van der Waals surface area contributed by atoms with Crippen LogP contribution in [0.4, 0.5) is 11.4 Å². The second-order valence-electron chi connectivity index (χ2n) is 11.0. The van der Waals surface area contributed by atoms with Crippen molar-refractivity contribution in [2.75, 3.05) is 24.0 Å². The molecule has 0 radical (unpaired) electrons. The van der Waals surface area contributed by atoms with Crippen molar-refractivity contribution in [2.24, 2.45) is 11.8 Å². The lowest BCUT2D eigenvalue weighted by Crippen LogP contribution is -2.50. The van der Waals surface area contributed by atoms with Crippen LogP contribution < -0.4 is 19.3 Å². The molecule has 0 N–H and O–H groups in total. The zero-order valence-electron chi connectivity index (χ0n) is 23.6. The molecule has 6 atom stereocenters. The van der Waals surface area contributed by atoms with Gasteiger partial charge in [-0.05, 0) is 72.8 Å².